The van der Waals surface area contributed by atoms with E-state index in [2.05, 4.69) is 32.9 Å². The maximum Gasteiger partial charge on any atom is 0.256 e. The molecule has 0 saturated heterocycles. The van der Waals surface area contributed by atoms with Crippen molar-refractivity contribution in [1.29, 1.82) is 0 Å². The quantitative estimate of drug-likeness (QED) is 0.790. The largest absolute Gasteiger partial charge is 0.371 e. The van der Waals surface area contributed by atoms with Gasteiger partial charge in [-0.1, -0.05) is 18.2 Å². The second-order valence-corrected chi connectivity index (χ2v) is 5.92. The summed E-state index contributed by atoms with van der Waals surface area (Å²) in [6.07, 6.45) is 3.71. The van der Waals surface area contributed by atoms with Gasteiger partial charge in [0.25, 0.3) is 5.56 Å². The number of rotatable bonds is 2. The number of aromatic nitrogens is 2. The van der Waals surface area contributed by atoms with E-state index in [1.165, 1.54) is 5.69 Å². The Morgan fingerprint density at radius 1 is 1.17 bits per heavy atom. The van der Waals surface area contributed by atoms with Crippen LogP contribution in [0.5, 0.6) is 0 Å². The number of likely N-dealkylation sites (N-methyl/N-ethyl adjacent to an activating group) is 1. The SMILES string of the molecule is CN1CCN(Cc2cc3ccccc3c(=O)[nH]2)c2cnccc21. The van der Waals surface area contributed by atoms with Gasteiger partial charge in [0.2, 0.25) is 0 Å². The highest BCUT2D eigenvalue weighted by Crippen LogP contribution is 2.31. The van der Waals surface area contributed by atoms with Gasteiger partial charge >= 0.3 is 0 Å². The molecule has 1 aromatic carbocycles. The van der Waals surface area contributed by atoms with Crippen molar-refractivity contribution in [3.8, 4) is 0 Å². The zero-order valence-corrected chi connectivity index (χ0v) is 13.0. The molecule has 3 aromatic rings. The highest BCUT2D eigenvalue weighted by molar-refractivity contribution is 5.81. The first-order valence-electron chi connectivity index (χ1n) is 7.73. The standard InChI is InChI=1S/C18H18N4O/c1-21-8-9-22(17-11-19-7-6-16(17)21)12-14-10-13-4-2-3-5-15(13)18(23)20-14/h2-7,10-11H,8-9,12H2,1H3,(H,20,23). The third-order valence-corrected chi connectivity index (χ3v) is 4.41. The predicted octanol–water partition coefficient (Wildman–Crippen LogP) is 2.38. The number of nitrogens with one attached hydrogen (secondary N) is 1. The van der Waals surface area contributed by atoms with E-state index in [1.807, 2.05) is 42.7 Å². The number of H-pyrrole nitrogens is 1. The zero-order valence-electron chi connectivity index (χ0n) is 13.0. The van der Waals surface area contributed by atoms with Crippen LogP contribution in [0.15, 0.2) is 53.6 Å². The molecule has 1 aliphatic heterocycles. The average Bonchev–Trinajstić information content (AvgIpc) is 2.58. The molecule has 0 aliphatic carbocycles. The Hall–Kier alpha value is -2.82. The van der Waals surface area contributed by atoms with Crippen LogP contribution in [0.1, 0.15) is 5.69 Å². The van der Waals surface area contributed by atoms with E-state index in [4.69, 9.17) is 0 Å². The third kappa shape index (κ3) is 2.44. The molecule has 0 saturated carbocycles. The van der Waals surface area contributed by atoms with Gasteiger partial charge in [0, 0.05) is 37.4 Å². The van der Waals surface area contributed by atoms with E-state index in [1.54, 1.807) is 0 Å². The van der Waals surface area contributed by atoms with Crippen molar-refractivity contribution >= 4 is 22.1 Å². The average molecular weight is 306 g/mol. The number of hydrogen-bond donors (Lipinski definition) is 1. The highest BCUT2D eigenvalue weighted by Gasteiger charge is 2.20. The molecule has 0 bridgehead atoms. The van der Waals surface area contributed by atoms with Crippen molar-refractivity contribution in [1.82, 2.24) is 9.97 Å². The van der Waals surface area contributed by atoms with Crippen LogP contribution in [0.4, 0.5) is 11.4 Å². The molecule has 5 heteroatoms. The molecule has 2 aromatic heterocycles. The Morgan fingerprint density at radius 2 is 2.04 bits per heavy atom. The van der Waals surface area contributed by atoms with E-state index >= 15 is 0 Å². The molecule has 0 spiro atoms. The van der Waals surface area contributed by atoms with Gasteiger partial charge in [0.1, 0.15) is 0 Å². The predicted molar refractivity (Wildman–Crippen MR) is 93.1 cm³/mol. The van der Waals surface area contributed by atoms with Crippen molar-refractivity contribution in [2.75, 3.05) is 29.9 Å². The summed E-state index contributed by atoms with van der Waals surface area (Å²) in [6.45, 7) is 2.53. The van der Waals surface area contributed by atoms with Crippen molar-refractivity contribution in [3.05, 3.63) is 64.8 Å². The van der Waals surface area contributed by atoms with Gasteiger partial charge < -0.3 is 14.8 Å². The molecule has 0 atom stereocenters. The highest BCUT2D eigenvalue weighted by atomic mass is 16.1. The van der Waals surface area contributed by atoms with Crippen LogP contribution < -0.4 is 15.4 Å². The Morgan fingerprint density at radius 3 is 2.96 bits per heavy atom. The van der Waals surface area contributed by atoms with Crippen LogP contribution in [-0.4, -0.2) is 30.1 Å². The molecule has 0 unspecified atom stereocenters. The number of pyridine rings is 2. The van der Waals surface area contributed by atoms with Gasteiger partial charge in [-0.05, 0) is 23.6 Å². The first-order valence-corrected chi connectivity index (χ1v) is 7.73. The molecule has 5 nitrogen and oxygen atoms in total. The summed E-state index contributed by atoms with van der Waals surface area (Å²) in [6, 6.07) is 11.8. The second-order valence-electron chi connectivity index (χ2n) is 5.92. The molecule has 3 heterocycles. The van der Waals surface area contributed by atoms with Crippen molar-refractivity contribution in [2.45, 2.75) is 6.54 Å². The first-order chi connectivity index (χ1) is 11.2. The second kappa shape index (κ2) is 5.43. The number of aromatic amines is 1. The number of fused-ring (bicyclic) bond motifs is 2. The summed E-state index contributed by atoms with van der Waals surface area (Å²) < 4.78 is 0. The lowest BCUT2D eigenvalue weighted by atomic mass is 10.1. The lowest BCUT2D eigenvalue weighted by Gasteiger charge is -2.36. The van der Waals surface area contributed by atoms with Crippen LogP contribution in [0.25, 0.3) is 10.8 Å². The van der Waals surface area contributed by atoms with Gasteiger partial charge in [0.15, 0.2) is 0 Å². The lowest BCUT2D eigenvalue weighted by Crippen LogP contribution is -2.39. The topological polar surface area (TPSA) is 52.2 Å². The van der Waals surface area contributed by atoms with Crippen LogP contribution in [0.2, 0.25) is 0 Å². The summed E-state index contributed by atoms with van der Waals surface area (Å²) in [7, 11) is 2.09. The monoisotopic (exact) mass is 306 g/mol. The van der Waals surface area contributed by atoms with Crippen LogP contribution in [0.3, 0.4) is 0 Å². The van der Waals surface area contributed by atoms with Gasteiger partial charge in [0.05, 0.1) is 24.1 Å². The van der Waals surface area contributed by atoms with Gasteiger partial charge in [-0.25, -0.2) is 0 Å². The lowest BCUT2D eigenvalue weighted by molar-refractivity contribution is 0.722. The number of hydrogen-bond acceptors (Lipinski definition) is 4. The van der Waals surface area contributed by atoms with Crippen LogP contribution in [-0.2, 0) is 6.54 Å². The Kier molecular flexibility index (Phi) is 3.26. The summed E-state index contributed by atoms with van der Waals surface area (Å²) in [5.41, 5.74) is 3.18. The van der Waals surface area contributed by atoms with E-state index in [9.17, 15) is 4.79 Å². The van der Waals surface area contributed by atoms with Gasteiger partial charge in [-0.2, -0.15) is 0 Å². The minimum atomic E-state index is -0.0290. The molecular formula is C18H18N4O. The third-order valence-electron chi connectivity index (χ3n) is 4.41. The Balaban J connectivity index is 1.72. The minimum Gasteiger partial charge on any atom is -0.371 e. The fourth-order valence-electron chi connectivity index (χ4n) is 3.18. The maximum atomic E-state index is 12.2. The number of nitrogens with zero attached hydrogens (tertiary/aromatic N) is 3. The molecule has 0 radical (unpaired) electrons. The summed E-state index contributed by atoms with van der Waals surface area (Å²) in [5, 5.41) is 1.71. The van der Waals surface area contributed by atoms with Crippen molar-refractivity contribution in [2.24, 2.45) is 0 Å². The molecule has 4 rings (SSSR count). The van der Waals surface area contributed by atoms with Crippen LogP contribution in [0, 0.1) is 0 Å². The van der Waals surface area contributed by atoms with E-state index in [0.717, 1.165) is 35.2 Å². The molecule has 1 aliphatic rings. The minimum absolute atomic E-state index is 0.0290. The molecule has 0 amide bonds. The molecule has 1 N–H and O–H groups in total. The normalized spacial score (nSPS) is 14.1. The summed E-state index contributed by atoms with van der Waals surface area (Å²) >= 11 is 0. The van der Waals surface area contributed by atoms with Crippen LogP contribution >= 0.6 is 0 Å². The Bertz CT molecular complexity index is 918. The number of anilines is 2. The molecule has 23 heavy (non-hydrogen) atoms. The maximum absolute atomic E-state index is 12.2. The summed E-state index contributed by atoms with van der Waals surface area (Å²) in [4.78, 5) is 24.0. The Labute approximate surface area is 134 Å². The smallest absolute Gasteiger partial charge is 0.256 e. The van der Waals surface area contributed by atoms with E-state index < -0.39 is 0 Å². The van der Waals surface area contributed by atoms with Crippen molar-refractivity contribution < 1.29 is 0 Å². The van der Waals surface area contributed by atoms with E-state index in [-0.39, 0.29) is 5.56 Å². The molecular weight excluding hydrogens is 288 g/mol. The fraction of sp³-hybridized carbons (Fsp3) is 0.222. The first kappa shape index (κ1) is 13.8. The summed E-state index contributed by atoms with van der Waals surface area (Å²) in [5.74, 6) is 0. The van der Waals surface area contributed by atoms with Gasteiger partial charge in [-0.15, -0.1) is 0 Å². The molecule has 0 fully saturated rings. The fourth-order valence-corrected chi connectivity index (χ4v) is 3.18. The molecule has 116 valence electrons. The zero-order chi connectivity index (χ0) is 15.8. The number of benzene rings is 1. The van der Waals surface area contributed by atoms with E-state index in [0.29, 0.717) is 6.54 Å². The van der Waals surface area contributed by atoms with Gasteiger partial charge in [-0.3, -0.25) is 9.78 Å². The van der Waals surface area contributed by atoms with Crippen molar-refractivity contribution in [3.63, 3.8) is 0 Å².